The molecule has 6 nitrogen and oxygen atoms in total. The van der Waals surface area contributed by atoms with Crippen LogP contribution < -0.4 is 0 Å². The molecule has 2 aliphatic heterocycles. The van der Waals surface area contributed by atoms with E-state index in [1.54, 1.807) is 0 Å². The summed E-state index contributed by atoms with van der Waals surface area (Å²) in [6.07, 6.45) is 4.66. The van der Waals surface area contributed by atoms with E-state index >= 15 is 0 Å². The average molecular weight is 299 g/mol. The van der Waals surface area contributed by atoms with Crippen LogP contribution in [0.2, 0.25) is 0 Å². The fraction of sp³-hybridized carbons (Fsp3) is 0.846. The number of hydrogen-bond acceptors (Lipinski definition) is 5. The van der Waals surface area contributed by atoms with Gasteiger partial charge in [-0.1, -0.05) is 6.42 Å². The van der Waals surface area contributed by atoms with Crippen LogP contribution in [-0.2, 0) is 29.2 Å². The lowest BCUT2D eigenvalue weighted by Gasteiger charge is -2.20. The van der Waals surface area contributed by atoms with Crippen molar-refractivity contribution in [2.75, 3.05) is 12.4 Å². The predicted molar refractivity (Wildman–Crippen MR) is 74.0 cm³/mol. The minimum atomic E-state index is -2.97. The zero-order chi connectivity index (χ0) is 14.2. The summed E-state index contributed by atoms with van der Waals surface area (Å²) in [6.45, 7) is 0.863. The van der Waals surface area contributed by atoms with Crippen molar-refractivity contribution in [2.24, 2.45) is 5.92 Å². The molecule has 3 heterocycles. The van der Waals surface area contributed by atoms with Crippen LogP contribution in [-0.4, -0.2) is 45.9 Å². The average Bonchev–Trinajstić information content (AvgIpc) is 2.82. The van der Waals surface area contributed by atoms with E-state index in [-0.39, 0.29) is 17.8 Å². The van der Waals surface area contributed by atoms with Crippen LogP contribution in [0.4, 0.5) is 0 Å². The molecule has 0 aromatic carbocycles. The van der Waals surface area contributed by atoms with Crippen LogP contribution in [0.25, 0.3) is 0 Å². The Labute approximate surface area is 119 Å². The normalized spacial score (nSPS) is 29.1. The van der Waals surface area contributed by atoms with E-state index in [0.29, 0.717) is 24.5 Å². The second kappa shape index (κ2) is 5.44. The molecule has 2 atom stereocenters. The molecule has 2 unspecified atom stereocenters. The van der Waals surface area contributed by atoms with Gasteiger partial charge in [0.1, 0.15) is 5.82 Å². The SMILES string of the molecule is O=S1(=O)CCCCC1Cc1nc2n(n1)CC(CO)CC2. The van der Waals surface area contributed by atoms with Crippen molar-refractivity contribution in [2.45, 2.75) is 50.3 Å². The maximum absolute atomic E-state index is 12.0. The number of nitrogens with zero attached hydrogens (tertiary/aromatic N) is 3. The first-order valence-electron chi connectivity index (χ1n) is 7.33. The highest BCUT2D eigenvalue weighted by molar-refractivity contribution is 7.92. The molecule has 0 spiro atoms. The fourth-order valence-corrected chi connectivity index (χ4v) is 4.98. The quantitative estimate of drug-likeness (QED) is 0.870. The van der Waals surface area contributed by atoms with E-state index < -0.39 is 9.84 Å². The van der Waals surface area contributed by atoms with Gasteiger partial charge >= 0.3 is 0 Å². The molecule has 1 N–H and O–H groups in total. The molecular weight excluding hydrogens is 278 g/mol. The van der Waals surface area contributed by atoms with Crippen LogP contribution in [0.1, 0.15) is 37.3 Å². The molecule has 3 rings (SSSR count). The van der Waals surface area contributed by atoms with Crippen LogP contribution in [0, 0.1) is 5.92 Å². The van der Waals surface area contributed by atoms with Gasteiger partial charge in [0.25, 0.3) is 0 Å². The highest BCUT2D eigenvalue weighted by Crippen LogP contribution is 2.23. The zero-order valence-electron chi connectivity index (χ0n) is 11.5. The first-order chi connectivity index (χ1) is 9.58. The van der Waals surface area contributed by atoms with Gasteiger partial charge in [-0.3, -0.25) is 0 Å². The van der Waals surface area contributed by atoms with E-state index in [0.717, 1.165) is 37.9 Å². The third-order valence-corrected chi connectivity index (χ3v) is 6.66. The second-order valence-corrected chi connectivity index (χ2v) is 8.30. The van der Waals surface area contributed by atoms with Crippen LogP contribution >= 0.6 is 0 Å². The molecule has 1 fully saturated rings. The van der Waals surface area contributed by atoms with Crippen molar-refractivity contribution < 1.29 is 13.5 Å². The maximum atomic E-state index is 12.0. The predicted octanol–water partition coefficient (Wildman–Crippen LogP) is 0.343. The first kappa shape index (κ1) is 14.0. The molecule has 7 heteroatoms. The molecule has 0 radical (unpaired) electrons. The van der Waals surface area contributed by atoms with Crippen LogP contribution in [0.15, 0.2) is 0 Å². The van der Waals surface area contributed by atoms with Crippen molar-refractivity contribution in [1.82, 2.24) is 14.8 Å². The molecule has 0 saturated carbocycles. The van der Waals surface area contributed by atoms with Crippen LogP contribution in [0.5, 0.6) is 0 Å². The molecule has 20 heavy (non-hydrogen) atoms. The number of aromatic nitrogens is 3. The third kappa shape index (κ3) is 2.74. The van der Waals surface area contributed by atoms with Gasteiger partial charge in [-0.25, -0.2) is 18.1 Å². The number of aliphatic hydroxyl groups excluding tert-OH is 1. The Hall–Kier alpha value is -0.950. The van der Waals surface area contributed by atoms with Gasteiger partial charge < -0.3 is 5.11 Å². The summed E-state index contributed by atoms with van der Waals surface area (Å²) in [7, 11) is -2.97. The zero-order valence-corrected chi connectivity index (χ0v) is 12.3. The molecule has 0 amide bonds. The molecular formula is C13H21N3O3S. The lowest BCUT2D eigenvalue weighted by Crippen LogP contribution is -2.30. The first-order valence-corrected chi connectivity index (χ1v) is 9.05. The number of sulfone groups is 1. The maximum Gasteiger partial charge on any atom is 0.153 e. The summed E-state index contributed by atoms with van der Waals surface area (Å²) in [4.78, 5) is 4.48. The molecule has 1 saturated heterocycles. The van der Waals surface area contributed by atoms with Gasteiger partial charge in [0.2, 0.25) is 0 Å². The van der Waals surface area contributed by atoms with Crippen LogP contribution in [0.3, 0.4) is 0 Å². The fourth-order valence-electron chi connectivity index (χ4n) is 3.12. The van der Waals surface area contributed by atoms with Crippen molar-refractivity contribution in [3.63, 3.8) is 0 Å². The Kier molecular flexibility index (Phi) is 3.81. The Morgan fingerprint density at radius 2 is 2.15 bits per heavy atom. The summed E-state index contributed by atoms with van der Waals surface area (Å²) in [5, 5.41) is 13.3. The standard InChI is InChI=1S/C13H21N3O3S/c17-9-10-4-5-13-14-12(15-16(13)8-10)7-11-3-1-2-6-20(11,18)19/h10-11,17H,1-9H2. The minimum absolute atomic E-state index is 0.172. The molecule has 0 aliphatic carbocycles. The number of hydrogen-bond donors (Lipinski definition) is 1. The highest BCUT2D eigenvalue weighted by Gasteiger charge is 2.31. The van der Waals surface area contributed by atoms with Crippen molar-refractivity contribution >= 4 is 9.84 Å². The Bertz CT molecular complexity index is 582. The van der Waals surface area contributed by atoms with Gasteiger partial charge in [0.15, 0.2) is 15.7 Å². The van der Waals surface area contributed by atoms with E-state index in [4.69, 9.17) is 0 Å². The number of rotatable bonds is 3. The van der Waals surface area contributed by atoms with E-state index in [9.17, 15) is 13.5 Å². The lowest BCUT2D eigenvalue weighted by molar-refractivity contribution is 0.185. The summed E-state index contributed by atoms with van der Waals surface area (Å²) < 4.78 is 25.9. The second-order valence-electron chi connectivity index (χ2n) is 5.90. The monoisotopic (exact) mass is 299 g/mol. The summed E-state index contributed by atoms with van der Waals surface area (Å²) in [5.74, 6) is 2.13. The van der Waals surface area contributed by atoms with Gasteiger partial charge in [-0.2, -0.15) is 5.10 Å². The summed E-state index contributed by atoms with van der Waals surface area (Å²) in [5.41, 5.74) is 0. The molecule has 112 valence electrons. The highest BCUT2D eigenvalue weighted by atomic mass is 32.2. The topological polar surface area (TPSA) is 85.1 Å². The molecule has 2 aliphatic rings. The van der Waals surface area contributed by atoms with E-state index in [1.165, 1.54) is 0 Å². The number of fused-ring (bicyclic) bond motifs is 1. The van der Waals surface area contributed by atoms with Crippen molar-refractivity contribution in [3.8, 4) is 0 Å². The largest absolute Gasteiger partial charge is 0.396 e. The van der Waals surface area contributed by atoms with Gasteiger partial charge in [-0.05, 0) is 19.3 Å². The van der Waals surface area contributed by atoms with E-state index in [1.807, 2.05) is 4.68 Å². The molecule has 1 aromatic heterocycles. The molecule has 0 bridgehead atoms. The number of aliphatic hydroxyl groups is 1. The third-order valence-electron chi connectivity index (χ3n) is 4.38. The van der Waals surface area contributed by atoms with Crippen molar-refractivity contribution in [1.29, 1.82) is 0 Å². The Morgan fingerprint density at radius 1 is 1.30 bits per heavy atom. The number of aryl methyl sites for hydroxylation is 1. The van der Waals surface area contributed by atoms with E-state index in [2.05, 4.69) is 10.1 Å². The summed E-state index contributed by atoms with van der Waals surface area (Å²) in [6, 6.07) is 0. The van der Waals surface area contributed by atoms with Crippen molar-refractivity contribution in [3.05, 3.63) is 11.6 Å². The summed E-state index contributed by atoms with van der Waals surface area (Å²) >= 11 is 0. The molecule has 1 aromatic rings. The van der Waals surface area contributed by atoms with Gasteiger partial charge in [0, 0.05) is 31.9 Å². The lowest BCUT2D eigenvalue weighted by atomic mass is 10.0. The van der Waals surface area contributed by atoms with Gasteiger partial charge in [0.05, 0.1) is 11.0 Å². The smallest absolute Gasteiger partial charge is 0.153 e. The Morgan fingerprint density at radius 3 is 2.90 bits per heavy atom. The Balaban J connectivity index is 1.74. The minimum Gasteiger partial charge on any atom is -0.396 e. The van der Waals surface area contributed by atoms with Gasteiger partial charge in [-0.15, -0.1) is 0 Å².